The Hall–Kier alpha value is -2.53. The first-order valence-electron chi connectivity index (χ1n) is 7.54. The van der Waals surface area contributed by atoms with Crippen LogP contribution in [0, 0.1) is 6.92 Å². The predicted molar refractivity (Wildman–Crippen MR) is 92.7 cm³/mol. The number of carbonyl (C=O) groups is 2. The van der Waals surface area contributed by atoms with Crippen molar-refractivity contribution in [3.8, 4) is 5.75 Å². The van der Waals surface area contributed by atoms with Crippen LogP contribution in [0.25, 0.3) is 0 Å². The Labute approximate surface area is 145 Å². The molecule has 2 N–H and O–H groups in total. The molecule has 0 heterocycles. The standard InChI is InChI=1S/C18H19ClN2O3/c1-13-5-8-16(9-6-13)24-12-18(23)21-20-17(22)10-7-14-3-2-4-15(19)11-14/h2-6,8-9,11H,7,10,12H2,1H3,(H,20,22)(H,21,23). The number of hydrogen-bond donors (Lipinski definition) is 2. The van der Waals surface area contributed by atoms with Crippen LogP contribution in [0.3, 0.4) is 0 Å². The minimum Gasteiger partial charge on any atom is -0.484 e. The van der Waals surface area contributed by atoms with E-state index in [-0.39, 0.29) is 18.9 Å². The third-order valence-corrected chi connectivity index (χ3v) is 3.50. The lowest BCUT2D eigenvalue weighted by Crippen LogP contribution is -2.43. The van der Waals surface area contributed by atoms with Crippen LogP contribution in [0.5, 0.6) is 5.75 Å². The van der Waals surface area contributed by atoms with E-state index in [9.17, 15) is 9.59 Å². The van der Waals surface area contributed by atoms with E-state index in [1.165, 1.54) is 0 Å². The van der Waals surface area contributed by atoms with Crippen molar-refractivity contribution < 1.29 is 14.3 Å². The third-order valence-electron chi connectivity index (χ3n) is 3.26. The van der Waals surface area contributed by atoms with Gasteiger partial charge in [-0.05, 0) is 43.2 Å². The lowest BCUT2D eigenvalue weighted by atomic mass is 10.1. The molecule has 0 saturated heterocycles. The summed E-state index contributed by atoms with van der Waals surface area (Å²) >= 11 is 5.89. The smallest absolute Gasteiger partial charge is 0.276 e. The maximum absolute atomic E-state index is 11.7. The number of benzene rings is 2. The summed E-state index contributed by atoms with van der Waals surface area (Å²) < 4.78 is 5.32. The number of hydrazine groups is 1. The molecule has 5 nitrogen and oxygen atoms in total. The number of halogens is 1. The zero-order valence-electron chi connectivity index (χ0n) is 13.3. The fourth-order valence-electron chi connectivity index (χ4n) is 1.97. The second-order valence-corrected chi connectivity index (χ2v) is 5.76. The van der Waals surface area contributed by atoms with Gasteiger partial charge in [-0.2, -0.15) is 0 Å². The van der Waals surface area contributed by atoms with Crippen LogP contribution in [-0.4, -0.2) is 18.4 Å². The van der Waals surface area contributed by atoms with E-state index in [2.05, 4.69) is 10.9 Å². The molecule has 0 spiro atoms. The second-order valence-electron chi connectivity index (χ2n) is 5.33. The molecule has 0 atom stereocenters. The molecular formula is C18H19ClN2O3. The minimum absolute atomic E-state index is 0.169. The van der Waals surface area contributed by atoms with Crippen molar-refractivity contribution in [1.82, 2.24) is 10.9 Å². The molecule has 0 aliphatic rings. The van der Waals surface area contributed by atoms with E-state index in [4.69, 9.17) is 16.3 Å². The molecule has 2 amide bonds. The SMILES string of the molecule is Cc1ccc(OCC(=O)NNC(=O)CCc2cccc(Cl)c2)cc1. The van der Waals surface area contributed by atoms with Crippen molar-refractivity contribution in [1.29, 1.82) is 0 Å². The molecule has 0 radical (unpaired) electrons. The molecular weight excluding hydrogens is 328 g/mol. The highest BCUT2D eigenvalue weighted by Crippen LogP contribution is 2.12. The quantitative estimate of drug-likeness (QED) is 0.790. The lowest BCUT2D eigenvalue weighted by Gasteiger charge is -2.09. The Morgan fingerprint density at radius 3 is 2.46 bits per heavy atom. The molecule has 0 bridgehead atoms. The Morgan fingerprint density at radius 2 is 1.75 bits per heavy atom. The van der Waals surface area contributed by atoms with Crippen molar-refractivity contribution in [2.75, 3.05) is 6.61 Å². The molecule has 24 heavy (non-hydrogen) atoms. The maximum Gasteiger partial charge on any atom is 0.276 e. The van der Waals surface area contributed by atoms with Gasteiger partial charge in [0.15, 0.2) is 6.61 Å². The van der Waals surface area contributed by atoms with Crippen molar-refractivity contribution >= 4 is 23.4 Å². The highest BCUT2D eigenvalue weighted by molar-refractivity contribution is 6.30. The Morgan fingerprint density at radius 1 is 1.04 bits per heavy atom. The maximum atomic E-state index is 11.7. The molecule has 0 aliphatic carbocycles. The summed E-state index contributed by atoms with van der Waals surface area (Å²) in [6.45, 7) is 1.80. The zero-order chi connectivity index (χ0) is 17.4. The summed E-state index contributed by atoms with van der Waals surface area (Å²) in [6, 6.07) is 14.7. The summed E-state index contributed by atoms with van der Waals surface area (Å²) in [7, 11) is 0. The van der Waals surface area contributed by atoms with E-state index in [0.717, 1.165) is 11.1 Å². The van der Waals surface area contributed by atoms with Crippen LogP contribution < -0.4 is 15.6 Å². The average Bonchev–Trinajstić information content (AvgIpc) is 2.57. The molecule has 6 heteroatoms. The van der Waals surface area contributed by atoms with Gasteiger partial charge in [0.05, 0.1) is 0 Å². The summed E-state index contributed by atoms with van der Waals surface area (Å²) in [4.78, 5) is 23.4. The van der Waals surface area contributed by atoms with Gasteiger partial charge in [0.2, 0.25) is 5.91 Å². The van der Waals surface area contributed by atoms with Gasteiger partial charge < -0.3 is 4.74 Å². The average molecular weight is 347 g/mol. The van der Waals surface area contributed by atoms with Crippen molar-refractivity contribution in [2.45, 2.75) is 19.8 Å². The fourth-order valence-corrected chi connectivity index (χ4v) is 2.18. The summed E-state index contributed by atoms with van der Waals surface area (Å²) in [5.74, 6) is -0.103. The van der Waals surface area contributed by atoms with E-state index in [1.54, 1.807) is 18.2 Å². The molecule has 0 fully saturated rings. The first-order chi connectivity index (χ1) is 11.5. The zero-order valence-corrected chi connectivity index (χ0v) is 14.1. The van der Waals surface area contributed by atoms with Crippen molar-refractivity contribution in [2.24, 2.45) is 0 Å². The van der Waals surface area contributed by atoms with E-state index in [0.29, 0.717) is 17.2 Å². The van der Waals surface area contributed by atoms with Crippen LogP contribution >= 0.6 is 11.6 Å². The van der Waals surface area contributed by atoms with E-state index < -0.39 is 5.91 Å². The van der Waals surface area contributed by atoms with Gasteiger partial charge in [0, 0.05) is 11.4 Å². The van der Waals surface area contributed by atoms with E-state index >= 15 is 0 Å². The Bertz CT molecular complexity index is 702. The van der Waals surface area contributed by atoms with E-state index in [1.807, 2.05) is 37.3 Å². The highest BCUT2D eigenvalue weighted by atomic mass is 35.5. The first-order valence-corrected chi connectivity index (χ1v) is 7.92. The van der Waals surface area contributed by atoms with Gasteiger partial charge in [-0.3, -0.25) is 20.4 Å². The van der Waals surface area contributed by atoms with Crippen molar-refractivity contribution in [3.05, 3.63) is 64.7 Å². The number of aryl methyl sites for hydroxylation is 2. The lowest BCUT2D eigenvalue weighted by molar-refractivity contribution is -0.130. The Kier molecular flexibility index (Phi) is 6.63. The second kappa shape index (κ2) is 8.93. The largest absolute Gasteiger partial charge is 0.484 e. The van der Waals surface area contributed by atoms with Crippen molar-refractivity contribution in [3.63, 3.8) is 0 Å². The Balaban J connectivity index is 1.65. The summed E-state index contributed by atoms with van der Waals surface area (Å²) in [5.41, 5.74) is 6.76. The molecule has 0 aliphatic heterocycles. The summed E-state index contributed by atoms with van der Waals surface area (Å²) in [5, 5.41) is 0.634. The number of carbonyl (C=O) groups excluding carboxylic acids is 2. The van der Waals surface area contributed by atoms with Gasteiger partial charge in [0.25, 0.3) is 5.91 Å². The van der Waals surface area contributed by atoms with Gasteiger partial charge in [-0.15, -0.1) is 0 Å². The first kappa shape index (κ1) is 17.8. The molecule has 2 aromatic rings. The number of nitrogens with one attached hydrogen (secondary N) is 2. The highest BCUT2D eigenvalue weighted by Gasteiger charge is 2.06. The number of ether oxygens (including phenoxy) is 1. The van der Waals surface area contributed by atoms with Gasteiger partial charge >= 0.3 is 0 Å². The number of hydrogen-bond acceptors (Lipinski definition) is 3. The minimum atomic E-state index is -0.424. The molecule has 0 unspecified atom stereocenters. The molecule has 126 valence electrons. The molecule has 0 aromatic heterocycles. The molecule has 2 aromatic carbocycles. The normalized spacial score (nSPS) is 10.1. The third kappa shape index (κ3) is 6.30. The van der Waals surface area contributed by atoms with Crippen LogP contribution in [0.15, 0.2) is 48.5 Å². The van der Waals surface area contributed by atoms with Gasteiger partial charge in [-0.1, -0.05) is 41.4 Å². The van der Waals surface area contributed by atoms with Crippen LogP contribution in [0.4, 0.5) is 0 Å². The molecule has 2 rings (SSSR count). The topological polar surface area (TPSA) is 67.4 Å². The van der Waals surface area contributed by atoms with Gasteiger partial charge in [-0.25, -0.2) is 0 Å². The number of amides is 2. The van der Waals surface area contributed by atoms with Crippen LogP contribution in [-0.2, 0) is 16.0 Å². The summed E-state index contributed by atoms with van der Waals surface area (Å²) in [6.07, 6.45) is 0.793. The predicted octanol–water partition coefficient (Wildman–Crippen LogP) is 2.81. The molecule has 0 saturated carbocycles. The van der Waals surface area contributed by atoms with Crippen LogP contribution in [0.2, 0.25) is 5.02 Å². The van der Waals surface area contributed by atoms with Gasteiger partial charge in [0.1, 0.15) is 5.75 Å². The van der Waals surface area contributed by atoms with Crippen LogP contribution in [0.1, 0.15) is 17.5 Å². The monoisotopic (exact) mass is 346 g/mol. The fraction of sp³-hybridized carbons (Fsp3) is 0.222. The number of rotatable bonds is 6.